The first-order chi connectivity index (χ1) is 11.1. The summed E-state index contributed by atoms with van der Waals surface area (Å²) in [5.41, 5.74) is 5.68. The molecule has 24 heavy (non-hydrogen) atoms. The summed E-state index contributed by atoms with van der Waals surface area (Å²) >= 11 is 0. The summed E-state index contributed by atoms with van der Waals surface area (Å²) in [5, 5.41) is 30.1. The highest BCUT2D eigenvalue weighted by Gasteiger charge is 2.61. The molecule has 5 heteroatoms. The van der Waals surface area contributed by atoms with Crippen molar-refractivity contribution in [3.63, 3.8) is 0 Å². The molecule has 2 saturated carbocycles. The minimum Gasteiger partial charge on any atom is -0.507 e. The van der Waals surface area contributed by atoms with E-state index in [-0.39, 0.29) is 46.7 Å². The summed E-state index contributed by atoms with van der Waals surface area (Å²) in [5.74, 6) is -1.84. The first-order valence-corrected chi connectivity index (χ1v) is 9.04. The van der Waals surface area contributed by atoms with Crippen LogP contribution in [0.4, 0.5) is 4.39 Å². The Hall–Kier alpha value is -0.910. The third kappa shape index (κ3) is 1.95. The molecule has 1 unspecified atom stereocenters. The van der Waals surface area contributed by atoms with Crippen molar-refractivity contribution in [1.82, 2.24) is 0 Å². The molecule has 0 bridgehead atoms. The van der Waals surface area contributed by atoms with Crippen LogP contribution in [0.25, 0.3) is 0 Å². The van der Waals surface area contributed by atoms with Gasteiger partial charge in [-0.15, -0.1) is 0 Å². The summed E-state index contributed by atoms with van der Waals surface area (Å²) in [4.78, 5) is 0. The van der Waals surface area contributed by atoms with E-state index in [9.17, 15) is 19.7 Å². The molecule has 0 radical (unpaired) electrons. The summed E-state index contributed by atoms with van der Waals surface area (Å²) in [7, 11) is 0. The highest BCUT2D eigenvalue weighted by atomic mass is 19.1. The smallest absolute Gasteiger partial charge is 0.222 e. The van der Waals surface area contributed by atoms with Crippen LogP contribution in [0.5, 0.6) is 0 Å². The molecule has 4 aliphatic carbocycles. The van der Waals surface area contributed by atoms with E-state index in [0.29, 0.717) is 6.42 Å². The molecule has 0 aromatic carbocycles. The van der Waals surface area contributed by atoms with E-state index in [1.807, 2.05) is 6.08 Å². The van der Waals surface area contributed by atoms with Gasteiger partial charge in [-0.25, -0.2) is 4.39 Å². The molecule has 5 N–H and O–H groups in total. The Morgan fingerprint density at radius 3 is 2.62 bits per heavy atom. The molecule has 0 heterocycles. The van der Waals surface area contributed by atoms with Crippen molar-refractivity contribution in [2.45, 2.75) is 57.5 Å². The largest absolute Gasteiger partial charge is 0.507 e. The van der Waals surface area contributed by atoms with Gasteiger partial charge < -0.3 is 21.1 Å². The number of hydrogen-bond donors (Lipinski definition) is 4. The fraction of sp³-hybridized carbons (Fsp3) is 0.789. The second-order valence-corrected chi connectivity index (χ2v) is 9.02. The number of aliphatic hydroxyl groups is 3. The van der Waals surface area contributed by atoms with E-state index in [2.05, 4.69) is 19.9 Å². The molecule has 0 aromatic heterocycles. The lowest BCUT2D eigenvalue weighted by molar-refractivity contribution is -0.182. The Bertz CT molecular complexity index is 618. The van der Waals surface area contributed by atoms with Crippen molar-refractivity contribution < 1.29 is 19.7 Å². The maximum atomic E-state index is 14.3. The molecule has 134 valence electrons. The quantitative estimate of drug-likeness (QED) is 0.404. The topological polar surface area (TPSA) is 86.7 Å². The van der Waals surface area contributed by atoms with E-state index in [0.717, 1.165) is 12.8 Å². The van der Waals surface area contributed by atoms with Crippen LogP contribution in [0.2, 0.25) is 0 Å². The van der Waals surface area contributed by atoms with Gasteiger partial charge in [0.05, 0.1) is 0 Å². The fourth-order valence-corrected chi connectivity index (χ4v) is 6.27. The Balaban J connectivity index is 1.74. The standard InChI is InChI=1S/C19H28FNO3/c1-17-6-5-12-11(13(17)7-14(20)16(17)21)4-3-10-8-19(23,24)15(22)9-18(10,12)2/h3-4,9-14,16,22-24H,5-8,21H2,1-2H3/t10?,11-,12+,13+,14-,16+,17+,18+/m1/s1. The lowest BCUT2D eigenvalue weighted by Gasteiger charge is -2.57. The summed E-state index contributed by atoms with van der Waals surface area (Å²) in [6.45, 7) is 4.22. The van der Waals surface area contributed by atoms with Gasteiger partial charge in [-0.1, -0.05) is 26.0 Å². The minimum absolute atomic E-state index is 0.0368. The second-order valence-electron chi connectivity index (χ2n) is 9.02. The summed E-state index contributed by atoms with van der Waals surface area (Å²) in [6.07, 6.45) is 7.31. The fourth-order valence-electron chi connectivity index (χ4n) is 6.27. The summed E-state index contributed by atoms with van der Waals surface area (Å²) in [6, 6.07) is -0.403. The van der Waals surface area contributed by atoms with Crippen LogP contribution in [-0.4, -0.2) is 33.3 Å². The normalized spacial score (nSPS) is 55.3. The molecule has 0 amide bonds. The maximum absolute atomic E-state index is 14.3. The molecule has 8 atom stereocenters. The van der Waals surface area contributed by atoms with E-state index < -0.39 is 18.0 Å². The van der Waals surface area contributed by atoms with Gasteiger partial charge in [-0.3, -0.25) is 0 Å². The number of allylic oxidation sites excluding steroid dienone is 3. The maximum Gasteiger partial charge on any atom is 0.222 e. The average molecular weight is 337 g/mol. The van der Waals surface area contributed by atoms with E-state index >= 15 is 0 Å². The monoisotopic (exact) mass is 337 g/mol. The first kappa shape index (κ1) is 16.6. The molecule has 2 fully saturated rings. The van der Waals surface area contributed by atoms with E-state index in [1.165, 1.54) is 0 Å². The van der Waals surface area contributed by atoms with Crippen molar-refractivity contribution in [3.05, 3.63) is 24.0 Å². The highest BCUT2D eigenvalue weighted by Crippen LogP contribution is 2.64. The molecule has 4 aliphatic rings. The van der Waals surface area contributed by atoms with Crippen molar-refractivity contribution in [1.29, 1.82) is 0 Å². The second kappa shape index (κ2) is 4.83. The van der Waals surface area contributed by atoms with Gasteiger partial charge in [0, 0.05) is 12.5 Å². The van der Waals surface area contributed by atoms with Crippen LogP contribution in [0, 0.1) is 34.5 Å². The Kier molecular flexibility index (Phi) is 3.33. The molecule has 4 rings (SSSR count). The van der Waals surface area contributed by atoms with Gasteiger partial charge in [0.25, 0.3) is 0 Å². The van der Waals surface area contributed by atoms with Crippen molar-refractivity contribution in [3.8, 4) is 0 Å². The van der Waals surface area contributed by atoms with Gasteiger partial charge in [0.1, 0.15) is 11.9 Å². The van der Waals surface area contributed by atoms with Gasteiger partial charge in [-0.2, -0.15) is 0 Å². The van der Waals surface area contributed by atoms with Gasteiger partial charge >= 0.3 is 0 Å². The van der Waals surface area contributed by atoms with Gasteiger partial charge in [0.2, 0.25) is 5.79 Å². The van der Waals surface area contributed by atoms with E-state index in [4.69, 9.17) is 5.73 Å². The van der Waals surface area contributed by atoms with Crippen molar-refractivity contribution >= 4 is 0 Å². The van der Waals surface area contributed by atoms with Gasteiger partial charge in [0.15, 0.2) is 0 Å². The lowest BCUT2D eigenvalue weighted by atomic mass is 9.48. The van der Waals surface area contributed by atoms with Crippen LogP contribution in [0.1, 0.15) is 39.5 Å². The van der Waals surface area contributed by atoms with Crippen molar-refractivity contribution in [2.75, 3.05) is 0 Å². The highest BCUT2D eigenvalue weighted by molar-refractivity contribution is 5.27. The van der Waals surface area contributed by atoms with Crippen LogP contribution in [-0.2, 0) is 0 Å². The van der Waals surface area contributed by atoms with Crippen LogP contribution in [0.3, 0.4) is 0 Å². The SMILES string of the molecule is C[C@]12CC[C@H]3[C@@H](C=CC4CC(O)(O)C(O)=C[C@@]43C)[C@@H]1C[C@@H](F)[C@@H]2N. The molecular formula is C19H28FNO3. The Labute approximate surface area is 142 Å². The Morgan fingerprint density at radius 2 is 1.92 bits per heavy atom. The number of alkyl halides is 1. The number of halogens is 1. The number of nitrogens with two attached hydrogens (primary N) is 1. The Morgan fingerprint density at radius 1 is 1.21 bits per heavy atom. The third-order valence-corrected chi connectivity index (χ3v) is 7.93. The van der Waals surface area contributed by atoms with Crippen LogP contribution >= 0.6 is 0 Å². The molecule has 0 saturated heterocycles. The van der Waals surface area contributed by atoms with Crippen LogP contribution < -0.4 is 5.73 Å². The minimum atomic E-state index is -2.15. The number of hydrogen-bond acceptors (Lipinski definition) is 4. The first-order valence-electron chi connectivity index (χ1n) is 9.04. The summed E-state index contributed by atoms with van der Waals surface area (Å²) < 4.78 is 14.3. The molecule has 0 spiro atoms. The average Bonchev–Trinajstić information content (AvgIpc) is 2.73. The third-order valence-electron chi connectivity index (χ3n) is 7.93. The molecule has 0 aliphatic heterocycles. The van der Waals surface area contributed by atoms with E-state index in [1.54, 1.807) is 6.08 Å². The predicted octanol–water partition coefficient (Wildman–Crippen LogP) is 2.42. The lowest BCUT2D eigenvalue weighted by Crippen LogP contribution is -2.54. The molecule has 0 aromatic rings. The number of fused-ring (bicyclic) bond motifs is 5. The zero-order valence-electron chi connectivity index (χ0n) is 14.3. The number of aliphatic hydroxyl groups excluding tert-OH is 1. The van der Waals surface area contributed by atoms with Crippen LogP contribution in [0.15, 0.2) is 24.0 Å². The zero-order chi connectivity index (χ0) is 17.5. The zero-order valence-corrected chi connectivity index (χ0v) is 14.3. The predicted molar refractivity (Wildman–Crippen MR) is 88.5 cm³/mol. The van der Waals surface area contributed by atoms with Gasteiger partial charge in [-0.05, 0) is 59.8 Å². The molecule has 4 nitrogen and oxygen atoms in total. The number of rotatable bonds is 0. The van der Waals surface area contributed by atoms with Crippen molar-refractivity contribution in [2.24, 2.45) is 40.2 Å². The molecular weight excluding hydrogens is 309 g/mol.